The number of amides is 1. The van der Waals surface area contributed by atoms with Crippen LogP contribution in [-0.4, -0.2) is 28.8 Å². The van der Waals surface area contributed by atoms with Crippen molar-refractivity contribution in [3.05, 3.63) is 54.2 Å². The number of alkyl halides is 2. The van der Waals surface area contributed by atoms with Gasteiger partial charge in [0.2, 0.25) is 17.8 Å². The number of hydrogen-bond donors (Lipinski definition) is 0. The molecular weight excluding hydrogens is 379 g/mol. The zero-order valence-electron chi connectivity index (χ0n) is 15.8. The fourth-order valence-corrected chi connectivity index (χ4v) is 4.71. The van der Waals surface area contributed by atoms with Gasteiger partial charge in [0.25, 0.3) is 0 Å². The van der Waals surface area contributed by atoms with Gasteiger partial charge in [-0.15, -0.1) is 0 Å². The van der Waals surface area contributed by atoms with Gasteiger partial charge in [-0.1, -0.05) is 6.07 Å². The molecule has 0 saturated heterocycles. The van der Waals surface area contributed by atoms with Crippen molar-refractivity contribution in [2.75, 3.05) is 11.9 Å². The summed E-state index contributed by atoms with van der Waals surface area (Å²) in [4.78, 5) is 22.9. The molecular formula is C22H18F3N3O. The molecule has 29 heavy (non-hydrogen) atoms. The maximum atomic E-state index is 13.9. The highest BCUT2D eigenvalue weighted by Gasteiger charge is 2.55. The first-order valence-corrected chi connectivity index (χ1v) is 9.52. The van der Waals surface area contributed by atoms with E-state index in [4.69, 9.17) is 0 Å². The monoisotopic (exact) mass is 397 g/mol. The first-order chi connectivity index (χ1) is 13.8. The van der Waals surface area contributed by atoms with Gasteiger partial charge in [-0.3, -0.25) is 9.78 Å². The van der Waals surface area contributed by atoms with E-state index in [-0.39, 0.29) is 31.6 Å². The van der Waals surface area contributed by atoms with Gasteiger partial charge < -0.3 is 4.90 Å². The van der Waals surface area contributed by atoms with E-state index in [2.05, 4.69) is 9.97 Å². The lowest BCUT2D eigenvalue weighted by atomic mass is 9.68. The molecule has 2 aliphatic rings. The Morgan fingerprint density at radius 1 is 0.966 bits per heavy atom. The highest BCUT2D eigenvalue weighted by molar-refractivity contribution is 6.12. The molecule has 0 radical (unpaired) electrons. The first kappa shape index (κ1) is 18.1. The second-order valence-electron chi connectivity index (χ2n) is 7.92. The lowest BCUT2D eigenvalue weighted by molar-refractivity contribution is -0.127. The van der Waals surface area contributed by atoms with Crippen LogP contribution in [0.25, 0.3) is 22.0 Å². The normalized spacial score (nSPS) is 19.7. The molecule has 148 valence electrons. The predicted octanol–water partition coefficient (Wildman–Crippen LogP) is 4.86. The Labute approximate surface area is 165 Å². The van der Waals surface area contributed by atoms with Crippen LogP contribution >= 0.6 is 0 Å². The molecule has 0 N–H and O–H groups in total. The summed E-state index contributed by atoms with van der Waals surface area (Å²) in [6, 6.07) is 8.52. The van der Waals surface area contributed by atoms with Crippen LogP contribution in [0.5, 0.6) is 0 Å². The number of halogens is 3. The predicted molar refractivity (Wildman–Crippen MR) is 103 cm³/mol. The molecule has 1 fully saturated rings. The molecule has 7 heteroatoms. The van der Waals surface area contributed by atoms with E-state index in [9.17, 15) is 18.0 Å². The highest BCUT2D eigenvalue weighted by atomic mass is 19.3. The van der Waals surface area contributed by atoms with E-state index in [1.165, 1.54) is 17.2 Å². The van der Waals surface area contributed by atoms with Crippen molar-refractivity contribution < 1.29 is 18.0 Å². The molecule has 5 rings (SSSR count). The second kappa shape index (κ2) is 6.02. The zero-order chi connectivity index (χ0) is 20.4. The number of fused-ring (bicyclic) bond motifs is 4. The van der Waals surface area contributed by atoms with E-state index in [1.54, 1.807) is 19.3 Å². The van der Waals surface area contributed by atoms with Crippen molar-refractivity contribution in [1.82, 2.24) is 9.97 Å². The lowest BCUT2D eigenvalue weighted by Crippen LogP contribution is -2.44. The molecule has 2 aromatic heterocycles. The Morgan fingerprint density at radius 3 is 2.38 bits per heavy atom. The summed E-state index contributed by atoms with van der Waals surface area (Å²) in [6.45, 7) is 0. The van der Waals surface area contributed by atoms with Gasteiger partial charge in [-0.05, 0) is 42.7 Å². The SMILES string of the molecule is CN1C(=O)C2(CCC(F)(F)CC2)c2c1cnc1ccc(-c3ccc(F)nc3)cc21. The van der Waals surface area contributed by atoms with Gasteiger partial charge in [-0.2, -0.15) is 4.39 Å². The fourth-order valence-electron chi connectivity index (χ4n) is 4.71. The number of benzene rings is 1. The van der Waals surface area contributed by atoms with Gasteiger partial charge in [-0.25, -0.2) is 13.8 Å². The fraction of sp³-hybridized carbons (Fsp3) is 0.318. The van der Waals surface area contributed by atoms with Crippen LogP contribution in [0.3, 0.4) is 0 Å². The minimum absolute atomic E-state index is 0.109. The van der Waals surface area contributed by atoms with Crippen molar-refractivity contribution >= 4 is 22.5 Å². The maximum absolute atomic E-state index is 13.9. The van der Waals surface area contributed by atoms with Crippen LogP contribution in [-0.2, 0) is 10.2 Å². The molecule has 1 saturated carbocycles. The van der Waals surface area contributed by atoms with Gasteiger partial charge in [0.05, 0.1) is 22.8 Å². The van der Waals surface area contributed by atoms with E-state index in [0.717, 1.165) is 22.1 Å². The Morgan fingerprint density at radius 2 is 1.69 bits per heavy atom. The van der Waals surface area contributed by atoms with Crippen molar-refractivity contribution in [3.63, 3.8) is 0 Å². The van der Waals surface area contributed by atoms with Crippen LogP contribution in [0.2, 0.25) is 0 Å². The van der Waals surface area contributed by atoms with Crippen molar-refractivity contribution in [2.45, 2.75) is 37.0 Å². The number of rotatable bonds is 1. The minimum Gasteiger partial charge on any atom is -0.313 e. The number of hydrogen-bond acceptors (Lipinski definition) is 3. The van der Waals surface area contributed by atoms with Crippen LogP contribution in [0.1, 0.15) is 31.2 Å². The number of aromatic nitrogens is 2. The molecule has 1 aromatic carbocycles. The molecule has 1 amide bonds. The topological polar surface area (TPSA) is 46.1 Å². The number of carbonyl (C=O) groups excluding carboxylic acids is 1. The molecule has 0 unspecified atom stereocenters. The number of anilines is 1. The largest absolute Gasteiger partial charge is 0.313 e. The molecule has 1 aliphatic carbocycles. The maximum Gasteiger partial charge on any atom is 0.248 e. The molecule has 1 spiro atoms. The lowest BCUT2D eigenvalue weighted by Gasteiger charge is -2.36. The number of likely N-dealkylation sites (N-methyl/N-ethyl adjacent to an activating group) is 1. The Balaban J connectivity index is 1.72. The van der Waals surface area contributed by atoms with E-state index >= 15 is 0 Å². The van der Waals surface area contributed by atoms with Gasteiger partial charge in [0.1, 0.15) is 0 Å². The van der Waals surface area contributed by atoms with E-state index in [1.807, 2.05) is 18.2 Å². The summed E-state index contributed by atoms with van der Waals surface area (Å²) < 4.78 is 41.0. The third kappa shape index (κ3) is 2.63. The highest BCUT2D eigenvalue weighted by Crippen LogP contribution is 2.54. The molecule has 4 nitrogen and oxygen atoms in total. The molecule has 3 aromatic rings. The quantitative estimate of drug-likeness (QED) is 0.551. The van der Waals surface area contributed by atoms with Crippen LogP contribution < -0.4 is 4.90 Å². The zero-order valence-corrected chi connectivity index (χ0v) is 15.8. The van der Waals surface area contributed by atoms with Gasteiger partial charge in [0.15, 0.2) is 0 Å². The van der Waals surface area contributed by atoms with Crippen LogP contribution in [0, 0.1) is 5.95 Å². The summed E-state index contributed by atoms with van der Waals surface area (Å²) in [5.41, 5.74) is 2.73. The number of carbonyl (C=O) groups is 1. The van der Waals surface area contributed by atoms with Crippen molar-refractivity contribution in [3.8, 4) is 11.1 Å². The average molecular weight is 397 g/mol. The smallest absolute Gasteiger partial charge is 0.248 e. The molecule has 0 bridgehead atoms. The summed E-state index contributed by atoms with van der Waals surface area (Å²) in [6.07, 6.45) is 2.70. The Bertz CT molecular complexity index is 1130. The Kier molecular flexibility index (Phi) is 3.75. The summed E-state index contributed by atoms with van der Waals surface area (Å²) in [5.74, 6) is -3.45. The Hall–Kier alpha value is -2.96. The third-order valence-corrected chi connectivity index (χ3v) is 6.30. The second-order valence-corrected chi connectivity index (χ2v) is 7.92. The molecule has 3 heterocycles. The standard InChI is InChI=1S/C22H18F3N3O/c1-28-17-12-26-16-4-2-13(14-3-5-18(23)27-11-14)10-15(16)19(17)21(20(28)29)6-8-22(24,25)9-7-21/h2-5,10-12H,6-9H2,1H3. The average Bonchev–Trinajstić information content (AvgIpc) is 2.93. The number of nitrogens with zero attached hydrogens (tertiary/aromatic N) is 3. The van der Waals surface area contributed by atoms with E-state index < -0.39 is 17.3 Å². The van der Waals surface area contributed by atoms with Gasteiger partial charge in [0, 0.05) is 42.6 Å². The number of pyridine rings is 2. The molecule has 0 atom stereocenters. The third-order valence-electron chi connectivity index (χ3n) is 6.30. The van der Waals surface area contributed by atoms with Crippen LogP contribution in [0.15, 0.2) is 42.7 Å². The van der Waals surface area contributed by atoms with Gasteiger partial charge >= 0.3 is 0 Å². The minimum atomic E-state index is -2.74. The van der Waals surface area contributed by atoms with E-state index in [0.29, 0.717) is 11.2 Å². The molecule has 1 aliphatic heterocycles. The van der Waals surface area contributed by atoms with Crippen LogP contribution in [0.4, 0.5) is 18.9 Å². The first-order valence-electron chi connectivity index (χ1n) is 9.52. The van der Waals surface area contributed by atoms with Crippen molar-refractivity contribution in [1.29, 1.82) is 0 Å². The summed E-state index contributed by atoms with van der Waals surface area (Å²) >= 11 is 0. The van der Waals surface area contributed by atoms with Crippen molar-refractivity contribution in [2.24, 2.45) is 0 Å². The summed E-state index contributed by atoms with van der Waals surface area (Å²) in [5, 5.41) is 0.771. The summed E-state index contributed by atoms with van der Waals surface area (Å²) in [7, 11) is 1.67.